The average Bonchev–Trinajstić information content (AvgIpc) is 2.78. The molecule has 1 unspecified atom stereocenters. The Morgan fingerprint density at radius 2 is 1.68 bits per heavy atom. The van der Waals surface area contributed by atoms with E-state index < -0.39 is 4.92 Å². The van der Waals surface area contributed by atoms with Crippen molar-refractivity contribution in [1.82, 2.24) is 15.1 Å². The van der Waals surface area contributed by atoms with Gasteiger partial charge >= 0.3 is 0 Å². The minimum atomic E-state index is -0.450. The zero-order chi connectivity index (χ0) is 22.4. The lowest BCUT2D eigenvalue weighted by Gasteiger charge is -2.32. The van der Waals surface area contributed by atoms with Crippen molar-refractivity contribution in [2.24, 2.45) is 0 Å². The highest BCUT2D eigenvalue weighted by atomic mass is 32.2. The number of non-ortho nitro benzene ring substituents is 1. The van der Waals surface area contributed by atoms with Crippen molar-refractivity contribution in [2.45, 2.75) is 23.6 Å². The van der Waals surface area contributed by atoms with Gasteiger partial charge in [-0.25, -0.2) is 0 Å². The second-order valence-corrected chi connectivity index (χ2v) is 8.94. The normalized spacial score (nSPS) is 15.4. The highest BCUT2D eigenvalue weighted by Crippen LogP contribution is 2.25. The van der Waals surface area contributed by atoms with Gasteiger partial charge in [0, 0.05) is 55.3 Å². The lowest BCUT2D eigenvalue weighted by Crippen LogP contribution is -2.47. The zero-order valence-corrected chi connectivity index (χ0v) is 18.4. The number of rotatable bonds is 7. The van der Waals surface area contributed by atoms with Crippen LogP contribution < -0.4 is 5.32 Å². The molecule has 9 heteroatoms. The fourth-order valence-corrected chi connectivity index (χ4v) is 4.09. The third kappa shape index (κ3) is 6.28. The van der Waals surface area contributed by atoms with Crippen molar-refractivity contribution in [3.63, 3.8) is 0 Å². The number of likely N-dealkylation sites (N-methyl/N-ethyl adjacent to an activating group) is 1. The van der Waals surface area contributed by atoms with Crippen molar-refractivity contribution < 1.29 is 14.5 Å². The number of nitro groups is 1. The summed E-state index contributed by atoms with van der Waals surface area (Å²) in [4.78, 5) is 40.1. The van der Waals surface area contributed by atoms with E-state index in [0.29, 0.717) is 12.1 Å². The molecule has 2 aromatic carbocycles. The van der Waals surface area contributed by atoms with Crippen LogP contribution in [0.4, 0.5) is 5.69 Å². The van der Waals surface area contributed by atoms with Crippen LogP contribution in [0.3, 0.4) is 0 Å². The minimum absolute atomic E-state index is 0.0241. The van der Waals surface area contributed by atoms with Crippen LogP contribution in [0, 0.1) is 10.1 Å². The number of nitro benzene ring substituents is 1. The molecule has 1 N–H and O–H groups in total. The number of hydrogen-bond acceptors (Lipinski definition) is 6. The van der Waals surface area contributed by atoms with Gasteiger partial charge in [-0.1, -0.05) is 12.1 Å². The van der Waals surface area contributed by atoms with E-state index in [1.54, 1.807) is 31.2 Å². The summed E-state index contributed by atoms with van der Waals surface area (Å²) in [6.07, 6.45) is 0. The van der Waals surface area contributed by atoms with Crippen LogP contribution >= 0.6 is 11.8 Å². The average molecular weight is 443 g/mol. The third-order valence-corrected chi connectivity index (χ3v) is 6.30. The van der Waals surface area contributed by atoms with Gasteiger partial charge in [-0.3, -0.25) is 19.7 Å². The van der Waals surface area contributed by atoms with Gasteiger partial charge in [-0.05, 0) is 43.8 Å². The Morgan fingerprint density at radius 1 is 1.06 bits per heavy atom. The number of hydrogen-bond donors (Lipinski definition) is 1. The van der Waals surface area contributed by atoms with Gasteiger partial charge in [0.2, 0.25) is 5.91 Å². The Labute approximate surface area is 185 Å². The van der Waals surface area contributed by atoms with Crippen molar-refractivity contribution in [2.75, 3.05) is 33.2 Å². The fraction of sp³-hybridized carbons (Fsp3) is 0.364. The monoisotopic (exact) mass is 442 g/mol. The molecule has 0 aromatic heterocycles. The maximum atomic E-state index is 12.6. The molecule has 31 heavy (non-hydrogen) atoms. The van der Waals surface area contributed by atoms with E-state index in [1.165, 1.54) is 23.9 Å². The van der Waals surface area contributed by atoms with Gasteiger partial charge < -0.3 is 15.1 Å². The van der Waals surface area contributed by atoms with E-state index in [2.05, 4.69) is 17.3 Å². The lowest BCUT2D eigenvalue weighted by atomic mass is 10.1. The van der Waals surface area contributed by atoms with Crippen LogP contribution in [0.1, 0.15) is 22.8 Å². The first-order chi connectivity index (χ1) is 14.8. The molecule has 0 bridgehead atoms. The van der Waals surface area contributed by atoms with Crippen LogP contribution in [0.25, 0.3) is 0 Å². The molecule has 0 radical (unpaired) electrons. The Balaban J connectivity index is 1.48. The SMILES string of the molecule is CC(Sc1ccc([N+](=O)[O-])cc1)C(=O)NCc1ccc(C(=O)N2CCN(C)CC2)cc1. The van der Waals surface area contributed by atoms with Gasteiger partial charge in [-0.2, -0.15) is 0 Å². The van der Waals surface area contributed by atoms with Crippen LogP contribution in [-0.4, -0.2) is 65.0 Å². The lowest BCUT2D eigenvalue weighted by molar-refractivity contribution is -0.384. The molecule has 0 spiro atoms. The predicted molar refractivity (Wildman–Crippen MR) is 120 cm³/mol. The molecule has 1 heterocycles. The van der Waals surface area contributed by atoms with Crippen LogP contribution in [0.15, 0.2) is 53.4 Å². The number of piperazine rings is 1. The first-order valence-electron chi connectivity index (χ1n) is 10.1. The molecule has 0 saturated carbocycles. The van der Waals surface area contributed by atoms with Crippen molar-refractivity contribution in [1.29, 1.82) is 0 Å². The summed E-state index contributed by atoms with van der Waals surface area (Å²) < 4.78 is 0. The summed E-state index contributed by atoms with van der Waals surface area (Å²) in [7, 11) is 2.05. The smallest absolute Gasteiger partial charge is 0.269 e. The molecule has 164 valence electrons. The maximum Gasteiger partial charge on any atom is 0.269 e. The van der Waals surface area contributed by atoms with E-state index in [1.807, 2.05) is 17.0 Å². The summed E-state index contributed by atoms with van der Waals surface area (Å²) in [6, 6.07) is 13.5. The summed E-state index contributed by atoms with van der Waals surface area (Å²) in [6.45, 7) is 5.39. The summed E-state index contributed by atoms with van der Waals surface area (Å²) in [5.41, 5.74) is 1.59. The Morgan fingerprint density at radius 3 is 2.26 bits per heavy atom. The Bertz CT molecular complexity index is 926. The molecular weight excluding hydrogens is 416 g/mol. The van der Waals surface area contributed by atoms with Crippen LogP contribution in [0.2, 0.25) is 0 Å². The molecule has 8 nitrogen and oxygen atoms in total. The molecule has 0 aliphatic carbocycles. The molecule has 1 aliphatic rings. The second kappa shape index (κ2) is 10.4. The molecule has 2 aromatic rings. The summed E-state index contributed by atoms with van der Waals surface area (Å²) in [5.74, 6) is -0.0854. The van der Waals surface area contributed by atoms with Crippen molar-refractivity contribution >= 4 is 29.3 Å². The second-order valence-electron chi connectivity index (χ2n) is 7.52. The fourth-order valence-electron chi connectivity index (χ4n) is 3.19. The first-order valence-corrected chi connectivity index (χ1v) is 11.0. The van der Waals surface area contributed by atoms with E-state index >= 15 is 0 Å². The van der Waals surface area contributed by atoms with Gasteiger partial charge in [0.05, 0.1) is 10.2 Å². The van der Waals surface area contributed by atoms with Gasteiger partial charge in [-0.15, -0.1) is 11.8 Å². The van der Waals surface area contributed by atoms with Crippen LogP contribution in [-0.2, 0) is 11.3 Å². The molecular formula is C22H26N4O4S. The van der Waals surface area contributed by atoms with E-state index in [0.717, 1.165) is 36.6 Å². The van der Waals surface area contributed by atoms with Crippen molar-refractivity contribution in [3.8, 4) is 0 Å². The Kier molecular flexibility index (Phi) is 7.64. The van der Waals surface area contributed by atoms with E-state index in [9.17, 15) is 19.7 Å². The van der Waals surface area contributed by atoms with Gasteiger partial charge in [0.1, 0.15) is 0 Å². The van der Waals surface area contributed by atoms with Gasteiger partial charge in [0.25, 0.3) is 11.6 Å². The summed E-state index contributed by atoms with van der Waals surface area (Å²) >= 11 is 1.34. The van der Waals surface area contributed by atoms with Gasteiger partial charge in [0.15, 0.2) is 0 Å². The zero-order valence-electron chi connectivity index (χ0n) is 17.6. The number of nitrogens with one attached hydrogen (secondary N) is 1. The first kappa shape index (κ1) is 22.8. The molecule has 3 rings (SSSR count). The number of thioether (sulfide) groups is 1. The number of nitrogens with zero attached hydrogens (tertiary/aromatic N) is 3. The molecule has 1 aliphatic heterocycles. The molecule has 1 saturated heterocycles. The highest BCUT2D eigenvalue weighted by molar-refractivity contribution is 8.00. The third-order valence-electron chi connectivity index (χ3n) is 5.19. The highest BCUT2D eigenvalue weighted by Gasteiger charge is 2.20. The molecule has 1 fully saturated rings. The number of benzene rings is 2. The molecule has 2 amide bonds. The summed E-state index contributed by atoms with van der Waals surface area (Å²) in [5, 5.41) is 13.3. The number of carbonyl (C=O) groups is 2. The maximum absolute atomic E-state index is 12.6. The Hall–Kier alpha value is -2.91. The standard InChI is InChI=1S/C22H26N4O4S/c1-16(31-20-9-7-19(8-10-20)26(29)30)21(27)23-15-17-3-5-18(6-4-17)22(28)25-13-11-24(2)12-14-25/h3-10,16H,11-15H2,1-2H3,(H,23,27). The molecule has 1 atom stereocenters. The van der Waals surface area contributed by atoms with Crippen LogP contribution in [0.5, 0.6) is 0 Å². The minimum Gasteiger partial charge on any atom is -0.351 e. The topological polar surface area (TPSA) is 95.8 Å². The quantitative estimate of drug-likeness (QED) is 0.402. The van der Waals surface area contributed by atoms with E-state index in [-0.39, 0.29) is 22.8 Å². The number of amides is 2. The number of carbonyl (C=O) groups excluding carboxylic acids is 2. The van der Waals surface area contributed by atoms with Crippen molar-refractivity contribution in [3.05, 3.63) is 69.8 Å². The van der Waals surface area contributed by atoms with E-state index in [4.69, 9.17) is 0 Å². The predicted octanol–water partition coefficient (Wildman–Crippen LogP) is 2.78. The largest absolute Gasteiger partial charge is 0.351 e.